The number of nitrogens with one attached hydrogen (secondary N) is 1. The van der Waals surface area contributed by atoms with Crippen LogP contribution < -0.4 is 5.09 Å². The van der Waals surface area contributed by atoms with E-state index < -0.39 is 16.1 Å². The molecule has 3 aromatic rings. The summed E-state index contributed by atoms with van der Waals surface area (Å²) in [6.45, 7) is 4.24. The van der Waals surface area contributed by atoms with Gasteiger partial charge >= 0.3 is 0 Å². The lowest BCUT2D eigenvalue weighted by atomic mass is 10.0. The van der Waals surface area contributed by atoms with Gasteiger partial charge in [-0.15, -0.1) is 0 Å². The molecule has 0 aliphatic heterocycles. The lowest BCUT2D eigenvalue weighted by Gasteiger charge is -2.30. The Morgan fingerprint density at radius 1 is 1.10 bits per heavy atom. The number of rotatable bonds is 10. The molecule has 3 atom stereocenters. The Bertz CT molecular complexity index is 1050. The van der Waals surface area contributed by atoms with Gasteiger partial charge in [0, 0.05) is 24.5 Å². The molecular formula is C22H29N2O4PS. The van der Waals surface area contributed by atoms with Crippen LogP contribution in [0.5, 0.6) is 0 Å². The Balaban J connectivity index is 1.83. The molecule has 0 aliphatic rings. The van der Waals surface area contributed by atoms with Crippen LogP contribution in [0.3, 0.4) is 0 Å². The zero-order valence-electron chi connectivity index (χ0n) is 17.2. The van der Waals surface area contributed by atoms with Crippen LogP contribution in [0.2, 0.25) is 0 Å². The van der Waals surface area contributed by atoms with Crippen molar-refractivity contribution in [2.24, 2.45) is 5.92 Å². The molecule has 30 heavy (non-hydrogen) atoms. The molecule has 0 radical (unpaired) electrons. The van der Waals surface area contributed by atoms with Crippen LogP contribution in [0.25, 0.3) is 11.0 Å². The molecule has 2 aromatic carbocycles. The first-order valence-electron chi connectivity index (χ1n) is 9.96. The minimum Gasteiger partial charge on any atom is -0.464 e. The number of benzene rings is 2. The van der Waals surface area contributed by atoms with Crippen LogP contribution in [-0.4, -0.2) is 43.1 Å². The zero-order chi connectivity index (χ0) is 21.7. The molecule has 8 heteroatoms. The van der Waals surface area contributed by atoms with Gasteiger partial charge in [-0.2, -0.15) is 4.31 Å². The maximum atomic E-state index is 13.4. The highest BCUT2D eigenvalue weighted by Crippen LogP contribution is 2.24. The number of nitrogens with zero attached hydrogens (tertiary/aromatic N) is 1. The third-order valence-electron chi connectivity index (χ3n) is 5.00. The fraction of sp³-hybridized carbons (Fsp3) is 0.364. The molecule has 3 rings (SSSR count). The van der Waals surface area contributed by atoms with Gasteiger partial charge in [0.25, 0.3) is 0 Å². The summed E-state index contributed by atoms with van der Waals surface area (Å²) >= 11 is 0. The maximum absolute atomic E-state index is 13.4. The van der Waals surface area contributed by atoms with Gasteiger partial charge in [0.2, 0.25) is 10.0 Å². The molecule has 0 fully saturated rings. The number of hydrogen-bond donors (Lipinski definition) is 2. The van der Waals surface area contributed by atoms with E-state index in [2.05, 4.69) is 14.5 Å². The third kappa shape index (κ3) is 5.48. The second-order valence-corrected chi connectivity index (χ2v) is 10.1. The Kier molecular flexibility index (Phi) is 7.66. The van der Waals surface area contributed by atoms with Gasteiger partial charge in [0.1, 0.15) is 5.58 Å². The van der Waals surface area contributed by atoms with E-state index in [9.17, 15) is 13.5 Å². The molecule has 1 heterocycles. The van der Waals surface area contributed by atoms with Crippen LogP contribution >= 0.6 is 9.39 Å². The van der Waals surface area contributed by atoms with Crippen LogP contribution in [0, 0.1) is 5.92 Å². The predicted molar refractivity (Wildman–Crippen MR) is 123 cm³/mol. The summed E-state index contributed by atoms with van der Waals surface area (Å²) in [6, 6.07) is 16.1. The van der Waals surface area contributed by atoms with Crippen LogP contribution in [-0.2, 0) is 16.4 Å². The topological polar surface area (TPSA) is 82.8 Å². The quantitative estimate of drug-likeness (QED) is 0.465. The highest BCUT2D eigenvalue weighted by atomic mass is 32.2. The standard InChI is InChI=1S/C22H29N2O4PS/c1-16(2)14-24(15-21(25)20(23-29)12-17-6-4-3-5-7-17)30(26,27)19-8-9-22-18(13-19)10-11-28-22/h3-11,13,16,20-21,23,25H,12,14-15,29H2,1-2H3/t20-,21+/m0/s1. The summed E-state index contributed by atoms with van der Waals surface area (Å²) in [4.78, 5) is 0.197. The summed E-state index contributed by atoms with van der Waals surface area (Å²) in [5, 5.41) is 14.7. The Morgan fingerprint density at radius 3 is 2.50 bits per heavy atom. The van der Waals surface area contributed by atoms with E-state index in [0.717, 1.165) is 10.9 Å². The molecule has 1 unspecified atom stereocenters. The Labute approximate surface area is 180 Å². The average Bonchev–Trinajstić information content (AvgIpc) is 3.19. The molecule has 0 aliphatic carbocycles. The summed E-state index contributed by atoms with van der Waals surface area (Å²) < 4.78 is 33.5. The number of aliphatic hydroxyl groups is 1. The van der Waals surface area contributed by atoms with Crippen molar-refractivity contribution in [2.75, 3.05) is 13.1 Å². The van der Waals surface area contributed by atoms with Crippen LogP contribution in [0.15, 0.2) is 70.2 Å². The molecular weight excluding hydrogens is 419 g/mol. The SMILES string of the molecule is CC(C)CN(C[C@@H](O)[C@H](Cc1ccccc1)NP)S(=O)(=O)c1ccc2occc2c1. The Morgan fingerprint density at radius 2 is 1.83 bits per heavy atom. The van der Waals surface area contributed by atoms with Crippen molar-refractivity contribution in [2.45, 2.75) is 37.3 Å². The molecule has 0 saturated carbocycles. The van der Waals surface area contributed by atoms with Crippen molar-refractivity contribution < 1.29 is 17.9 Å². The van der Waals surface area contributed by atoms with E-state index in [1.807, 2.05) is 44.2 Å². The summed E-state index contributed by atoms with van der Waals surface area (Å²) in [5.74, 6) is 0.112. The molecule has 162 valence electrons. The van der Waals surface area contributed by atoms with E-state index in [1.54, 1.807) is 24.3 Å². The lowest BCUT2D eigenvalue weighted by molar-refractivity contribution is 0.111. The number of fused-ring (bicyclic) bond motifs is 1. The molecule has 2 N–H and O–H groups in total. The van der Waals surface area contributed by atoms with Crippen LogP contribution in [0.1, 0.15) is 19.4 Å². The van der Waals surface area contributed by atoms with Gasteiger partial charge in [0.05, 0.1) is 17.3 Å². The number of aliphatic hydroxyl groups excluding tert-OH is 1. The van der Waals surface area contributed by atoms with Crippen molar-refractivity contribution in [3.05, 3.63) is 66.4 Å². The van der Waals surface area contributed by atoms with E-state index >= 15 is 0 Å². The van der Waals surface area contributed by atoms with E-state index in [0.29, 0.717) is 18.5 Å². The monoisotopic (exact) mass is 448 g/mol. The van der Waals surface area contributed by atoms with Crippen molar-refractivity contribution in [3.63, 3.8) is 0 Å². The molecule has 0 bridgehead atoms. The predicted octanol–water partition coefficient (Wildman–Crippen LogP) is 3.43. The van der Waals surface area contributed by atoms with E-state index in [-0.39, 0.29) is 23.4 Å². The van der Waals surface area contributed by atoms with Gasteiger partial charge in [-0.25, -0.2) is 8.42 Å². The first kappa shape index (κ1) is 22.9. The second-order valence-electron chi connectivity index (χ2n) is 7.87. The second kappa shape index (κ2) is 10.0. The minimum absolute atomic E-state index is 0.00282. The Hall–Kier alpha value is -1.76. The molecule has 0 amide bonds. The van der Waals surface area contributed by atoms with Crippen LogP contribution in [0.4, 0.5) is 0 Å². The summed E-state index contributed by atoms with van der Waals surface area (Å²) in [6.07, 6.45) is 1.24. The lowest BCUT2D eigenvalue weighted by Crippen LogP contribution is -2.47. The number of furan rings is 1. The number of hydrogen-bond acceptors (Lipinski definition) is 5. The highest BCUT2D eigenvalue weighted by Gasteiger charge is 2.30. The highest BCUT2D eigenvalue weighted by molar-refractivity contribution is 7.89. The first-order chi connectivity index (χ1) is 14.3. The van der Waals surface area contributed by atoms with Gasteiger partial charge < -0.3 is 9.52 Å². The zero-order valence-corrected chi connectivity index (χ0v) is 19.2. The molecule has 0 spiro atoms. The smallest absolute Gasteiger partial charge is 0.243 e. The molecule has 6 nitrogen and oxygen atoms in total. The van der Waals surface area contributed by atoms with Gasteiger partial charge in [-0.3, -0.25) is 5.09 Å². The third-order valence-corrected chi connectivity index (χ3v) is 7.25. The fourth-order valence-electron chi connectivity index (χ4n) is 3.44. The molecule has 1 aromatic heterocycles. The largest absolute Gasteiger partial charge is 0.464 e. The van der Waals surface area contributed by atoms with Gasteiger partial charge in [-0.1, -0.05) is 53.6 Å². The van der Waals surface area contributed by atoms with Gasteiger partial charge in [-0.05, 0) is 42.2 Å². The van der Waals surface area contributed by atoms with Gasteiger partial charge in [0.15, 0.2) is 0 Å². The molecule has 0 saturated heterocycles. The number of sulfonamides is 1. The summed E-state index contributed by atoms with van der Waals surface area (Å²) in [5.41, 5.74) is 1.71. The minimum atomic E-state index is -3.78. The normalized spacial score (nSPS) is 14.5. The van der Waals surface area contributed by atoms with E-state index in [4.69, 9.17) is 4.42 Å². The summed E-state index contributed by atoms with van der Waals surface area (Å²) in [7, 11) is -1.35. The van der Waals surface area contributed by atoms with Crippen molar-refractivity contribution in [1.82, 2.24) is 9.39 Å². The average molecular weight is 449 g/mol. The van der Waals surface area contributed by atoms with E-state index in [1.165, 1.54) is 10.6 Å². The fourth-order valence-corrected chi connectivity index (χ4v) is 5.44. The first-order valence-corrected chi connectivity index (χ1v) is 12.0. The maximum Gasteiger partial charge on any atom is 0.243 e. The van der Waals surface area contributed by atoms with Crippen molar-refractivity contribution in [1.29, 1.82) is 0 Å². The van der Waals surface area contributed by atoms with Crippen molar-refractivity contribution >= 4 is 30.4 Å². The van der Waals surface area contributed by atoms with Crippen molar-refractivity contribution in [3.8, 4) is 0 Å².